The number of carbonyl (C=O) groups is 3. The highest BCUT2D eigenvalue weighted by Gasteiger charge is 2.26. The van der Waals surface area contributed by atoms with Gasteiger partial charge in [0.15, 0.2) is 5.76 Å². The zero-order chi connectivity index (χ0) is 22.9. The Morgan fingerprint density at radius 2 is 2.00 bits per heavy atom. The molecule has 0 atom stereocenters. The van der Waals surface area contributed by atoms with Crippen LogP contribution in [-0.2, 0) is 11.3 Å². The molecule has 164 valence electrons. The summed E-state index contributed by atoms with van der Waals surface area (Å²) < 4.78 is 12.4. The van der Waals surface area contributed by atoms with E-state index in [0.717, 1.165) is 17.0 Å². The van der Waals surface area contributed by atoms with E-state index >= 15 is 0 Å². The minimum Gasteiger partial charge on any atom is -0.462 e. The van der Waals surface area contributed by atoms with Crippen LogP contribution in [0.3, 0.4) is 0 Å². The SMILES string of the molecule is CCOC(=O)c1c(NC(=O)c2ccc(Cn3nc(C)c(Cl)c3C)o2)sc(C(N)=O)c1C. The number of hydrogen-bond acceptors (Lipinski definition) is 7. The molecule has 0 fully saturated rings. The molecule has 0 aliphatic rings. The maximum Gasteiger partial charge on any atom is 0.341 e. The number of rotatable bonds is 7. The minimum atomic E-state index is -0.697. The number of carbonyl (C=O) groups excluding carboxylic acids is 3. The maximum absolute atomic E-state index is 12.7. The molecule has 0 radical (unpaired) electrons. The van der Waals surface area contributed by atoms with E-state index in [0.29, 0.717) is 28.6 Å². The van der Waals surface area contributed by atoms with Crippen LogP contribution in [0.1, 0.15) is 60.2 Å². The second-order valence-corrected chi connectivity index (χ2v) is 8.11. The molecule has 0 spiro atoms. The maximum atomic E-state index is 12.7. The predicted molar refractivity (Wildman–Crippen MR) is 116 cm³/mol. The summed E-state index contributed by atoms with van der Waals surface area (Å²) in [5.74, 6) is -1.40. The van der Waals surface area contributed by atoms with E-state index in [1.54, 1.807) is 31.5 Å². The number of nitrogens with one attached hydrogen (secondary N) is 1. The molecule has 3 rings (SSSR count). The molecular weight excluding hydrogens is 444 g/mol. The van der Waals surface area contributed by atoms with Crippen molar-refractivity contribution >= 4 is 45.7 Å². The second kappa shape index (κ2) is 8.94. The van der Waals surface area contributed by atoms with Gasteiger partial charge in [0, 0.05) is 0 Å². The molecule has 0 aliphatic carbocycles. The van der Waals surface area contributed by atoms with E-state index in [4.69, 9.17) is 26.5 Å². The molecule has 9 nitrogen and oxygen atoms in total. The van der Waals surface area contributed by atoms with Crippen LogP contribution in [0.2, 0.25) is 5.02 Å². The van der Waals surface area contributed by atoms with Crippen molar-refractivity contribution in [2.24, 2.45) is 5.73 Å². The lowest BCUT2D eigenvalue weighted by molar-refractivity contribution is 0.0527. The number of amides is 2. The first-order valence-electron chi connectivity index (χ1n) is 9.33. The van der Waals surface area contributed by atoms with E-state index < -0.39 is 17.8 Å². The van der Waals surface area contributed by atoms with Crippen molar-refractivity contribution < 1.29 is 23.5 Å². The highest BCUT2D eigenvalue weighted by Crippen LogP contribution is 2.34. The van der Waals surface area contributed by atoms with Gasteiger partial charge in [-0.1, -0.05) is 11.6 Å². The number of furan rings is 1. The van der Waals surface area contributed by atoms with Crippen molar-refractivity contribution in [1.29, 1.82) is 0 Å². The van der Waals surface area contributed by atoms with Crippen molar-refractivity contribution in [3.63, 3.8) is 0 Å². The normalized spacial score (nSPS) is 10.9. The van der Waals surface area contributed by atoms with Crippen molar-refractivity contribution in [3.8, 4) is 0 Å². The number of ether oxygens (including phenoxy) is 1. The van der Waals surface area contributed by atoms with Gasteiger partial charge in [-0.25, -0.2) is 4.79 Å². The van der Waals surface area contributed by atoms with Gasteiger partial charge in [0.05, 0.1) is 40.0 Å². The fourth-order valence-electron chi connectivity index (χ4n) is 3.01. The highest BCUT2D eigenvalue weighted by molar-refractivity contribution is 7.18. The Morgan fingerprint density at radius 3 is 2.58 bits per heavy atom. The summed E-state index contributed by atoms with van der Waals surface area (Å²) in [6.45, 7) is 7.31. The fraction of sp³-hybridized carbons (Fsp3) is 0.300. The Hall–Kier alpha value is -3.11. The number of aromatic nitrogens is 2. The topological polar surface area (TPSA) is 129 Å². The molecule has 3 N–H and O–H groups in total. The molecule has 3 aromatic rings. The van der Waals surface area contributed by atoms with Crippen molar-refractivity contribution in [1.82, 2.24) is 9.78 Å². The van der Waals surface area contributed by atoms with E-state index in [9.17, 15) is 14.4 Å². The third-order valence-corrected chi connectivity index (χ3v) is 6.33. The van der Waals surface area contributed by atoms with Gasteiger partial charge in [-0.15, -0.1) is 11.3 Å². The summed E-state index contributed by atoms with van der Waals surface area (Å²) in [6.07, 6.45) is 0. The lowest BCUT2D eigenvalue weighted by atomic mass is 10.1. The molecule has 0 saturated carbocycles. The van der Waals surface area contributed by atoms with E-state index in [1.807, 2.05) is 6.92 Å². The minimum absolute atomic E-state index is 0.0316. The average Bonchev–Trinajstić information content (AvgIpc) is 3.36. The van der Waals surface area contributed by atoms with Gasteiger partial charge in [-0.05, 0) is 45.4 Å². The molecule has 3 aromatic heterocycles. The lowest BCUT2D eigenvalue weighted by Crippen LogP contribution is -2.14. The second-order valence-electron chi connectivity index (χ2n) is 6.71. The molecule has 0 aromatic carbocycles. The van der Waals surface area contributed by atoms with Crippen LogP contribution in [0, 0.1) is 20.8 Å². The largest absolute Gasteiger partial charge is 0.462 e. The van der Waals surface area contributed by atoms with Gasteiger partial charge in [-0.2, -0.15) is 5.10 Å². The Kier molecular flexibility index (Phi) is 6.51. The number of nitrogens with zero attached hydrogens (tertiary/aromatic N) is 2. The Bertz CT molecular complexity index is 1180. The molecule has 0 aliphatic heterocycles. The lowest BCUT2D eigenvalue weighted by Gasteiger charge is -2.06. The number of primary amides is 1. The summed E-state index contributed by atoms with van der Waals surface area (Å²) in [5.41, 5.74) is 7.32. The Balaban J connectivity index is 1.83. The summed E-state index contributed by atoms with van der Waals surface area (Å²) in [4.78, 5) is 36.9. The molecule has 31 heavy (non-hydrogen) atoms. The fourth-order valence-corrected chi connectivity index (χ4v) is 4.19. The summed E-state index contributed by atoms with van der Waals surface area (Å²) in [7, 11) is 0. The van der Waals surface area contributed by atoms with Crippen LogP contribution in [0.15, 0.2) is 16.5 Å². The van der Waals surface area contributed by atoms with Crippen LogP contribution in [0.4, 0.5) is 5.00 Å². The number of esters is 1. The van der Waals surface area contributed by atoms with Gasteiger partial charge in [0.1, 0.15) is 10.8 Å². The summed E-state index contributed by atoms with van der Waals surface area (Å²) in [6, 6.07) is 3.16. The molecule has 11 heteroatoms. The van der Waals surface area contributed by atoms with Gasteiger partial charge in [-0.3, -0.25) is 14.3 Å². The van der Waals surface area contributed by atoms with Crippen molar-refractivity contribution in [2.45, 2.75) is 34.2 Å². The predicted octanol–water partition coefficient (Wildman–Crippen LogP) is 3.69. The zero-order valence-corrected chi connectivity index (χ0v) is 18.9. The first-order valence-corrected chi connectivity index (χ1v) is 10.5. The van der Waals surface area contributed by atoms with Crippen molar-refractivity contribution in [3.05, 3.63) is 56.1 Å². The molecule has 0 saturated heterocycles. The number of thiophene rings is 1. The Labute approximate surface area is 187 Å². The summed E-state index contributed by atoms with van der Waals surface area (Å²) in [5, 5.41) is 7.70. The van der Waals surface area contributed by atoms with Gasteiger partial charge >= 0.3 is 5.97 Å². The van der Waals surface area contributed by atoms with E-state index in [2.05, 4.69) is 10.4 Å². The Morgan fingerprint density at radius 1 is 1.29 bits per heavy atom. The number of nitrogens with two attached hydrogens (primary N) is 1. The molecule has 0 bridgehead atoms. The quantitative estimate of drug-likeness (QED) is 0.513. The molecule has 2 amide bonds. The van der Waals surface area contributed by atoms with Crippen LogP contribution in [0.25, 0.3) is 0 Å². The zero-order valence-electron chi connectivity index (χ0n) is 17.4. The number of halogens is 1. The van der Waals surface area contributed by atoms with Crippen LogP contribution in [0.5, 0.6) is 0 Å². The van der Waals surface area contributed by atoms with Crippen LogP contribution < -0.4 is 11.1 Å². The number of hydrogen-bond donors (Lipinski definition) is 2. The highest BCUT2D eigenvalue weighted by atomic mass is 35.5. The molecular formula is C20H21ClN4O5S. The monoisotopic (exact) mass is 464 g/mol. The molecule has 3 heterocycles. The first kappa shape index (κ1) is 22.6. The summed E-state index contributed by atoms with van der Waals surface area (Å²) >= 11 is 7.07. The van der Waals surface area contributed by atoms with Gasteiger partial charge in [0.25, 0.3) is 11.8 Å². The van der Waals surface area contributed by atoms with Gasteiger partial charge < -0.3 is 20.2 Å². The molecule has 0 unspecified atom stereocenters. The first-order chi connectivity index (χ1) is 14.6. The number of anilines is 1. The number of aryl methyl sites for hydroxylation is 1. The van der Waals surface area contributed by atoms with E-state index in [1.165, 1.54) is 6.07 Å². The van der Waals surface area contributed by atoms with Crippen LogP contribution in [-0.4, -0.2) is 34.2 Å². The van der Waals surface area contributed by atoms with E-state index in [-0.39, 0.29) is 27.8 Å². The van der Waals surface area contributed by atoms with Gasteiger partial charge in [0.2, 0.25) is 0 Å². The van der Waals surface area contributed by atoms with Crippen LogP contribution >= 0.6 is 22.9 Å². The third-order valence-electron chi connectivity index (χ3n) is 4.56. The third kappa shape index (κ3) is 4.49. The average molecular weight is 465 g/mol. The smallest absolute Gasteiger partial charge is 0.341 e. The van der Waals surface area contributed by atoms with Crippen molar-refractivity contribution in [2.75, 3.05) is 11.9 Å². The standard InChI is InChI=1S/C20H21ClN4O5S/c1-5-29-20(28)14-9(2)16(17(22)26)31-19(14)23-18(27)13-7-6-12(30-13)8-25-11(4)15(21)10(3)24-25/h6-7H,5,8H2,1-4H3,(H2,22,26)(H,23,27).